The Labute approximate surface area is 101 Å². The second-order valence-electron chi connectivity index (χ2n) is 4.43. The average molecular weight is 269 g/mol. The van der Waals surface area contributed by atoms with Crippen molar-refractivity contribution in [2.24, 2.45) is 0 Å². The molecular weight excluding hydrogens is 255 g/mol. The van der Waals surface area contributed by atoms with Gasteiger partial charge in [-0.1, -0.05) is 0 Å². The Kier molecular flexibility index (Phi) is 3.89. The molecule has 1 aliphatic heterocycles. The Morgan fingerprint density at radius 2 is 1.89 bits per heavy atom. The lowest BCUT2D eigenvalue weighted by atomic mass is 10.0. The first-order valence-corrected chi connectivity index (χ1v) is 5.35. The number of carboxylic acid groups (broad SMARTS) is 1. The highest BCUT2D eigenvalue weighted by Crippen LogP contribution is 2.31. The quantitative estimate of drug-likeness (QED) is 0.803. The highest BCUT2D eigenvalue weighted by Gasteiger charge is 2.59. The van der Waals surface area contributed by atoms with Gasteiger partial charge in [-0.15, -0.1) is 0 Å². The van der Waals surface area contributed by atoms with Crippen molar-refractivity contribution in [2.75, 3.05) is 0 Å². The summed E-state index contributed by atoms with van der Waals surface area (Å²) in [6.07, 6.45) is -5.50. The summed E-state index contributed by atoms with van der Waals surface area (Å²) in [4.78, 5) is 22.3. The van der Waals surface area contributed by atoms with Crippen LogP contribution in [0.2, 0.25) is 0 Å². The van der Waals surface area contributed by atoms with Gasteiger partial charge >= 0.3 is 12.1 Å². The van der Waals surface area contributed by atoms with Gasteiger partial charge in [-0.25, -0.2) is 4.79 Å². The highest BCUT2D eigenvalue weighted by atomic mass is 19.4. The molecule has 1 saturated heterocycles. The fourth-order valence-electron chi connectivity index (χ4n) is 1.57. The van der Waals surface area contributed by atoms with Crippen LogP contribution in [0.15, 0.2) is 0 Å². The van der Waals surface area contributed by atoms with E-state index < -0.39 is 29.7 Å². The Hall–Kier alpha value is -1.31. The fourth-order valence-corrected chi connectivity index (χ4v) is 1.57. The van der Waals surface area contributed by atoms with Crippen molar-refractivity contribution >= 4 is 11.9 Å². The molecule has 0 aromatic carbocycles. The number of hydrogen-bond acceptors (Lipinski definition) is 3. The zero-order chi connectivity index (χ0) is 14.1. The van der Waals surface area contributed by atoms with Crippen LogP contribution in [0.3, 0.4) is 0 Å². The van der Waals surface area contributed by atoms with E-state index in [9.17, 15) is 22.8 Å². The maximum Gasteiger partial charge on any atom is 0.422 e. The van der Waals surface area contributed by atoms with Crippen LogP contribution in [0, 0.1) is 0 Å². The first-order chi connectivity index (χ1) is 8.08. The van der Waals surface area contributed by atoms with Crippen LogP contribution in [0.25, 0.3) is 0 Å². The molecule has 0 aromatic rings. The van der Waals surface area contributed by atoms with Crippen LogP contribution < -0.4 is 5.32 Å². The first-order valence-electron chi connectivity index (χ1n) is 5.35. The molecule has 3 atom stereocenters. The molecule has 0 radical (unpaired) electrons. The minimum Gasteiger partial charge on any atom is -0.479 e. The Morgan fingerprint density at radius 1 is 1.33 bits per heavy atom. The lowest BCUT2D eigenvalue weighted by Crippen LogP contribution is -2.63. The number of amides is 1. The Morgan fingerprint density at radius 3 is 2.22 bits per heavy atom. The predicted molar refractivity (Wildman–Crippen MR) is 53.8 cm³/mol. The largest absolute Gasteiger partial charge is 0.479 e. The number of hydrogen-bond donors (Lipinski definition) is 2. The van der Waals surface area contributed by atoms with Crippen molar-refractivity contribution in [2.45, 2.75) is 50.6 Å². The van der Waals surface area contributed by atoms with E-state index >= 15 is 0 Å². The zero-order valence-electron chi connectivity index (χ0n) is 9.87. The molecule has 1 fully saturated rings. The summed E-state index contributed by atoms with van der Waals surface area (Å²) in [5, 5.41) is 10.1. The number of carbonyl (C=O) groups is 2. The van der Waals surface area contributed by atoms with Gasteiger partial charge in [-0.3, -0.25) is 4.79 Å². The molecule has 0 aromatic heterocycles. The minimum absolute atomic E-state index is 0.220. The van der Waals surface area contributed by atoms with E-state index in [0.29, 0.717) is 13.3 Å². The van der Waals surface area contributed by atoms with Gasteiger partial charge in [-0.05, 0) is 26.7 Å². The SMILES string of the molecule is CC1CCC(C(=O)NC(C)(C(=O)O)C(F)(F)F)O1. The van der Waals surface area contributed by atoms with Crippen molar-refractivity contribution < 1.29 is 32.6 Å². The normalized spacial score (nSPS) is 27.6. The van der Waals surface area contributed by atoms with Gasteiger partial charge in [0.2, 0.25) is 11.4 Å². The molecule has 8 heteroatoms. The number of aliphatic carboxylic acids is 1. The number of carbonyl (C=O) groups excluding carboxylic acids is 1. The van der Waals surface area contributed by atoms with E-state index in [2.05, 4.69) is 0 Å². The second-order valence-corrected chi connectivity index (χ2v) is 4.43. The predicted octanol–water partition coefficient (Wildman–Crippen LogP) is 1.08. The van der Waals surface area contributed by atoms with Gasteiger partial charge < -0.3 is 15.2 Å². The number of carboxylic acids is 1. The average Bonchev–Trinajstić information content (AvgIpc) is 2.62. The molecule has 0 aliphatic carbocycles. The van der Waals surface area contributed by atoms with Crippen LogP contribution in [-0.2, 0) is 14.3 Å². The number of ether oxygens (including phenoxy) is 1. The standard InChI is InChI=1S/C10H14F3NO4/c1-5-3-4-6(18-5)7(15)14-9(2,8(16)17)10(11,12)13/h5-6H,3-4H2,1-2H3,(H,14,15)(H,16,17). The van der Waals surface area contributed by atoms with Crippen molar-refractivity contribution in [3.8, 4) is 0 Å². The summed E-state index contributed by atoms with van der Waals surface area (Å²) < 4.78 is 43.0. The van der Waals surface area contributed by atoms with E-state index in [-0.39, 0.29) is 12.5 Å². The molecule has 1 heterocycles. The maximum absolute atomic E-state index is 12.6. The van der Waals surface area contributed by atoms with Crippen LogP contribution in [0.5, 0.6) is 0 Å². The molecule has 0 spiro atoms. The number of alkyl halides is 3. The maximum atomic E-state index is 12.6. The molecule has 18 heavy (non-hydrogen) atoms. The lowest BCUT2D eigenvalue weighted by molar-refractivity contribution is -0.208. The Bertz CT molecular complexity index is 358. The van der Waals surface area contributed by atoms with E-state index in [0.717, 1.165) is 0 Å². The van der Waals surface area contributed by atoms with E-state index in [1.54, 1.807) is 6.92 Å². The van der Waals surface area contributed by atoms with E-state index in [1.165, 1.54) is 5.32 Å². The summed E-state index contributed by atoms with van der Waals surface area (Å²) in [6, 6.07) is 0. The minimum atomic E-state index is -5.08. The summed E-state index contributed by atoms with van der Waals surface area (Å²) in [6.45, 7) is 2.10. The summed E-state index contributed by atoms with van der Waals surface area (Å²) in [7, 11) is 0. The monoisotopic (exact) mass is 269 g/mol. The van der Waals surface area contributed by atoms with Crippen LogP contribution in [0.4, 0.5) is 13.2 Å². The van der Waals surface area contributed by atoms with Crippen LogP contribution >= 0.6 is 0 Å². The molecule has 3 unspecified atom stereocenters. The van der Waals surface area contributed by atoms with Crippen molar-refractivity contribution in [3.05, 3.63) is 0 Å². The number of halogens is 3. The van der Waals surface area contributed by atoms with Gasteiger partial charge in [0.1, 0.15) is 6.10 Å². The van der Waals surface area contributed by atoms with Gasteiger partial charge in [0.05, 0.1) is 6.10 Å². The molecule has 2 N–H and O–H groups in total. The lowest BCUT2D eigenvalue weighted by Gasteiger charge is -2.29. The fraction of sp³-hybridized carbons (Fsp3) is 0.800. The third-order valence-corrected chi connectivity index (χ3v) is 2.89. The molecule has 1 amide bonds. The zero-order valence-corrected chi connectivity index (χ0v) is 9.87. The Balaban J connectivity index is 2.80. The molecule has 5 nitrogen and oxygen atoms in total. The van der Waals surface area contributed by atoms with Crippen LogP contribution in [-0.4, -0.2) is 40.9 Å². The molecule has 0 saturated carbocycles. The molecular formula is C10H14F3NO4. The number of rotatable bonds is 3. The van der Waals surface area contributed by atoms with Crippen molar-refractivity contribution in [1.82, 2.24) is 5.32 Å². The molecule has 104 valence electrons. The molecule has 0 bridgehead atoms. The highest BCUT2D eigenvalue weighted by molar-refractivity contribution is 5.89. The van der Waals surface area contributed by atoms with E-state index in [4.69, 9.17) is 9.84 Å². The van der Waals surface area contributed by atoms with Crippen molar-refractivity contribution in [1.29, 1.82) is 0 Å². The first kappa shape index (κ1) is 14.7. The number of nitrogens with one attached hydrogen (secondary N) is 1. The van der Waals surface area contributed by atoms with Gasteiger partial charge in [-0.2, -0.15) is 13.2 Å². The summed E-state index contributed by atoms with van der Waals surface area (Å²) in [5.74, 6) is -3.21. The van der Waals surface area contributed by atoms with Crippen molar-refractivity contribution in [3.63, 3.8) is 0 Å². The smallest absolute Gasteiger partial charge is 0.422 e. The van der Waals surface area contributed by atoms with Gasteiger partial charge in [0, 0.05) is 0 Å². The molecule has 1 aliphatic rings. The van der Waals surface area contributed by atoms with Gasteiger partial charge in [0.25, 0.3) is 0 Å². The second kappa shape index (κ2) is 4.75. The van der Waals surface area contributed by atoms with Crippen LogP contribution in [0.1, 0.15) is 26.7 Å². The summed E-state index contributed by atoms with van der Waals surface area (Å²) in [5.41, 5.74) is -3.31. The topological polar surface area (TPSA) is 75.6 Å². The molecule has 1 rings (SSSR count). The van der Waals surface area contributed by atoms with Gasteiger partial charge in [0.15, 0.2) is 0 Å². The third kappa shape index (κ3) is 2.74. The third-order valence-electron chi connectivity index (χ3n) is 2.89. The summed E-state index contributed by atoms with van der Waals surface area (Å²) >= 11 is 0. The van der Waals surface area contributed by atoms with E-state index in [1.807, 2.05) is 0 Å².